The Morgan fingerprint density at radius 2 is 1.25 bits per heavy atom. The Morgan fingerprint density at radius 3 is 2.00 bits per heavy atom. The van der Waals surface area contributed by atoms with Crippen molar-refractivity contribution >= 4 is 21.5 Å². The molecule has 0 saturated carbocycles. The molecule has 0 aliphatic rings. The first-order valence-corrected chi connectivity index (χ1v) is 10.7. The van der Waals surface area contributed by atoms with Crippen molar-refractivity contribution in [1.82, 2.24) is 9.97 Å². The van der Waals surface area contributed by atoms with E-state index in [1.54, 1.807) is 12.4 Å². The van der Waals surface area contributed by atoms with Gasteiger partial charge in [-0.3, -0.25) is 9.97 Å². The molecule has 6 aromatic rings. The van der Waals surface area contributed by atoms with Gasteiger partial charge in [-0.25, -0.2) is 0 Å². The van der Waals surface area contributed by atoms with Crippen molar-refractivity contribution in [1.29, 1.82) is 0 Å². The van der Waals surface area contributed by atoms with E-state index in [0.29, 0.717) is 0 Å². The Balaban J connectivity index is 1.61. The number of hydrogen-bond acceptors (Lipinski definition) is 2. The predicted octanol–water partition coefficient (Wildman–Crippen LogP) is 7.78. The van der Waals surface area contributed by atoms with Crippen LogP contribution >= 0.6 is 0 Å². The van der Waals surface area contributed by atoms with E-state index in [2.05, 4.69) is 96.0 Å². The van der Waals surface area contributed by atoms with E-state index in [9.17, 15) is 0 Å². The fourth-order valence-electron chi connectivity index (χ4n) is 4.42. The summed E-state index contributed by atoms with van der Waals surface area (Å²) in [5.41, 5.74) is 6.76. The monoisotopic (exact) mass is 408 g/mol. The van der Waals surface area contributed by atoms with Crippen molar-refractivity contribution in [3.63, 3.8) is 0 Å². The van der Waals surface area contributed by atoms with Gasteiger partial charge in [0.05, 0.1) is 5.69 Å². The molecule has 4 aromatic carbocycles. The van der Waals surface area contributed by atoms with Gasteiger partial charge in [-0.2, -0.15) is 0 Å². The quantitative estimate of drug-likeness (QED) is 0.279. The van der Waals surface area contributed by atoms with Gasteiger partial charge in [0, 0.05) is 29.7 Å². The van der Waals surface area contributed by atoms with E-state index < -0.39 is 0 Å². The summed E-state index contributed by atoms with van der Waals surface area (Å²) in [5, 5.41) is 4.97. The van der Waals surface area contributed by atoms with Gasteiger partial charge in [0.15, 0.2) is 0 Å². The molecule has 2 heterocycles. The lowest BCUT2D eigenvalue weighted by atomic mass is 9.89. The molecule has 0 N–H and O–H groups in total. The molecule has 0 spiro atoms. The van der Waals surface area contributed by atoms with E-state index >= 15 is 0 Å². The largest absolute Gasteiger partial charge is 0.265 e. The highest BCUT2D eigenvalue weighted by Crippen LogP contribution is 2.39. The molecule has 0 bridgehead atoms. The minimum absolute atomic E-state index is 0.947. The molecule has 2 aromatic heterocycles. The third kappa shape index (κ3) is 3.23. The molecular formula is C30H20N2. The molecule has 0 fully saturated rings. The van der Waals surface area contributed by atoms with Gasteiger partial charge in [0.2, 0.25) is 0 Å². The topological polar surface area (TPSA) is 25.8 Å². The molecule has 0 amide bonds. The summed E-state index contributed by atoms with van der Waals surface area (Å²) >= 11 is 0. The Kier molecular flexibility index (Phi) is 4.47. The summed E-state index contributed by atoms with van der Waals surface area (Å²) in [6, 6.07) is 36.4. The van der Waals surface area contributed by atoms with Crippen molar-refractivity contribution in [3.8, 4) is 33.5 Å². The van der Waals surface area contributed by atoms with E-state index in [-0.39, 0.29) is 0 Å². The highest BCUT2D eigenvalue weighted by molar-refractivity contribution is 6.09. The lowest BCUT2D eigenvalue weighted by Gasteiger charge is -2.15. The van der Waals surface area contributed by atoms with Gasteiger partial charge >= 0.3 is 0 Å². The molecule has 0 aliphatic heterocycles. The van der Waals surface area contributed by atoms with Crippen LogP contribution in [0.15, 0.2) is 122 Å². The van der Waals surface area contributed by atoms with Crippen molar-refractivity contribution < 1.29 is 0 Å². The minimum Gasteiger partial charge on any atom is -0.265 e. The maximum Gasteiger partial charge on any atom is 0.0703 e. The van der Waals surface area contributed by atoms with Crippen molar-refractivity contribution in [2.24, 2.45) is 0 Å². The number of nitrogens with zero attached hydrogens (tertiary/aromatic N) is 2. The number of fused-ring (bicyclic) bond motifs is 2. The average Bonchev–Trinajstić information content (AvgIpc) is 2.88. The second-order valence-corrected chi connectivity index (χ2v) is 7.94. The molecule has 0 atom stereocenters. The van der Waals surface area contributed by atoms with E-state index in [1.165, 1.54) is 38.2 Å². The minimum atomic E-state index is 0.947. The summed E-state index contributed by atoms with van der Waals surface area (Å²) in [4.78, 5) is 8.91. The number of rotatable bonds is 3. The van der Waals surface area contributed by atoms with Crippen molar-refractivity contribution in [2.45, 2.75) is 0 Å². The van der Waals surface area contributed by atoms with Gasteiger partial charge in [0.25, 0.3) is 0 Å². The first kappa shape index (κ1) is 18.5. The smallest absolute Gasteiger partial charge is 0.0703 e. The van der Waals surface area contributed by atoms with Crippen LogP contribution < -0.4 is 0 Å². The molecule has 32 heavy (non-hydrogen) atoms. The lowest BCUT2D eigenvalue weighted by Crippen LogP contribution is -1.91. The molecule has 0 radical (unpaired) electrons. The number of hydrogen-bond donors (Lipinski definition) is 0. The zero-order valence-electron chi connectivity index (χ0n) is 17.4. The van der Waals surface area contributed by atoms with Crippen LogP contribution in [-0.2, 0) is 0 Å². The molecule has 0 unspecified atom stereocenters. The van der Waals surface area contributed by atoms with Gasteiger partial charge < -0.3 is 0 Å². The van der Waals surface area contributed by atoms with E-state index in [4.69, 9.17) is 4.98 Å². The highest BCUT2D eigenvalue weighted by atomic mass is 14.7. The summed E-state index contributed by atoms with van der Waals surface area (Å²) in [6.07, 6.45) is 5.59. The Hall–Kier alpha value is -4.30. The first-order valence-electron chi connectivity index (χ1n) is 10.7. The van der Waals surface area contributed by atoms with Crippen LogP contribution in [0.25, 0.3) is 55.1 Å². The second-order valence-electron chi connectivity index (χ2n) is 7.94. The van der Waals surface area contributed by atoms with E-state index in [1.807, 2.05) is 18.3 Å². The maximum atomic E-state index is 4.80. The normalized spacial score (nSPS) is 11.1. The Morgan fingerprint density at radius 1 is 0.500 bits per heavy atom. The summed E-state index contributed by atoms with van der Waals surface area (Å²) < 4.78 is 0. The van der Waals surface area contributed by atoms with Gasteiger partial charge in [-0.1, -0.05) is 72.8 Å². The van der Waals surface area contributed by atoms with Crippen LogP contribution in [0.5, 0.6) is 0 Å². The number of pyridine rings is 2. The first-order chi connectivity index (χ1) is 15.9. The van der Waals surface area contributed by atoms with Crippen LogP contribution in [0.4, 0.5) is 0 Å². The molecule has 0 saturated heterocycles. The second kappa shape index (κ2) is 7.75. The van der Waals surface area contributed by atoms with Gasteiger partial charge in [0.1, 0.15) is 0 Å². The van der Waals surface area contributed by atoms with Crippen LogP contribution in [0.2, 0.25) is 0 Å². The Labute approximate surface area is 186 Å². The van der Waals surface area contributed by atoms with Crippen molar-refractivity contribution in [2.75, 3.05) is 0 Å². The lowest BCUT2D eigenvalue weighted by molar-refractivity contribution is 1.29. The SMILES string of the molecule is c1ccc(-c2ccc3cc4ccccc4cc3c2-c2ccc(-c3ccncc3)nc2)cc1. The van der Waals surface area contributed by atoms with Crippen LogP contribution in [-0.4, -0.2) is 9.97 Å². The summed E-state index contributed by atoms with van der Waals surface area (Å²) in [7, 11) is 0. The molecule has 6 rings (SSSR count). The molecular weight excluding hydrogens is 388 g/mol. The zero-order valence-corrected chi connectivity index (χ0v) is 17.4. The molecule has 2 nitrogen and oxygen atoms in total. The third-order valence-corrected chi connectivity index (χ3v) is 6.00. The highest BCUT2D eigenvalue weighted by Gasteiger charge is 2.13. The third-order valence-electron chi connectivity index (χ3n) is 6.00. The van der Waals surface area contributed by atoms with E-state index in [0.717, 1.165) is 16.8 Å². The number of aromatic nitrogens is 2. The van der Waals surface area contributed by atoms with Crippen LogP contribution in [0.1, 0.15) is 0 Å². The summed E-state index contributed by atoms with van der Waals surface area (Å²) in [5.74, 6) is 0. The Bertz CT molecular complexity index is 1540. The maximum absolute atomic E-state index is 4.80. The van der Waals surface area contributed by atoms with Gasteiger partial charge in [-0.05, 0) is 68.6 Å². The summed E-state index contributed by atoms with van der Waals surface area (Å²) in [6.45, 7) is 0. The molecule has 150 valence electrons. The van der Waals surface area contributed by atoms with Crippen LogP contribution in [0, 0.1) is 0 Å². The predicted molar refractivity (Wildman–Crippen MR) is 133 cm³/mol. The van der Waals surface area contributed by atoms with Crippen LogP contribution in [0.3, 0.4) is 0 Å². The van der Waals surface area contributed by atoms with Crippen molar-refractivity contribution in [3.05, 3.63) is 122 Å². The molecule has 0 aliphatic carbocycles. The number of benzene rings is 4. The standard InChI is InChI=1S/C30H20N2/c1-2-6-21(7-3-1)27-12-10-25-18-23-8-4-5-9-24(23)19-28(25)30(27)26-11-13-29(32-20-26)22-14-16-31-17-15-22/h1-20H. The fourth-order valence-corrected chi connectivity index (χ4v) is 4.42. The zero-order chi connectivity index (χ0) is 21.3. The fraction of sp³-hybridized carbons (Fsp3) is 0. The van der Waals surface area contributed by atoms with Gasteiger partial charge in [-0.15, -0.1) is 0 Å². The molecule has 2 heteroatoms. The average molecular weight is 409 g/mol.